The second-order valence-corrected chi connectivity index (χ2v) is 4.21. The van der Waals surface area contributed by atoms with Crippen LogP contribution >= 0.6 is 0 Å². The number of aliphatic imine (C=N–C) groups is 1. The Morgan fingerprint density at radius 1 is 1.53 bits per heavy atom. The lowest BCUT2D eigenvalue weighted by Gasteiger charge is -2.20. The summed E-state index contributed by atoms with van der Waals surface area (Å²) in [6.07, 6.45) is 11.0. The molecule has 2 unspecified atom stereocenters. The molecule has 0 fully saturated rings. The summed E-state index contributed by atoms with van der Waals surface area (Å²) in [5, 5.41) is 3.17. The second-order valence-electron chi connectivity index (χ2n) is 4.21. The minimum atomic E-state index is 0.489. The van der Waals surface area contributed by atoms with Crippen LogP contribution in [0.2, 0.25) is 0 Å². The molecule has 0 saturated carbocycles. The van der Waals surface area contributed by atoms with Gasteiger partial charge in [-0.15, -0.1) is 0 Å². The van der Waals surface area contributed by atoms with Crippen LogP contribution in [0, 0.1) is 11.8 Å². The highest BCUT2D eigenvalue weighted by molar-refractivity contribution is 5.66. The number of hydrogen-bond donors (Lipinski definition) is 1. The summed E-state index contributed by atoms with van der Waals surface area (Å²) in [5.41, 5.74) is 1.39. The van der Waals surface area contributed by atoms with Gasteiger partial charge in [-0.1, -0.05) is 31.1 Å². The molecule has 1 rings (SSSR count). The minimum Gasteiger partial charge on any atom is -0.316 e. The Bertz CT molecular complexity index is 264. The largest absolute Gasteiger partial charge is 0.316 e. The topological polar surface area (TPSA) is 24.4 Å². The van der Waals surface area contributed by atoms with E-state index in [0.29, 0.717) is 11.8 Å². The van der Waals surface area contributed by atoms with Crippen molar-refractivity contribution in [2.45, 2.75) is 26.7 Å². The van der Waals surface area contributed by atoms with Gasteiger partial charge in [0.2, 0.25) is 0 Å². The van der Waals surface area contributed by atoms with Crippen molar-refractivity contribution >= 4 is 6.21 Å². The molecule has 0 amide bonds. The molecular weight excluding hydrogens is 184 g/mol. The molecule has 1 heterocycles. The van der Waals surface area contributed by atoms with Crippen LogP contribution in [-0.4, -0.2) is 19.8 Å². The molecule has 0 aliphatic carbocycles. The Balaban J connectivity index is 2.61. The van der Waals surface area contributed by atoms with Crippen molar-refractivity contribution in [3.63, 3.8) is 0 Å². The lowest BCUT2D eigenvalue weighted by molar-refractivity contribution is 0.524. The molecule has 0 bridgehead atoms. The molecule has 0 radical (unpaired) electrons. The first-order valence-electron chi connectivity index (χ1n) is 5.79. The molecule has 2 nitrogen and oxygen atoms in total. The first kappa shape index (κ1) is 12.2. The number of nitrogens with one attached hydrogen (secondary N) is 1. The zero-order valence-corrected chi connectivity index (χ0v) is 10.0. The first-order valence-corrected chi connectivity index (χ1v) is 5.79. The Hall–Kier alpha value is -0.890. The van der Waals surface area contributed by atoms with Crippen LogP contribution in [0.5, 0.6) is 0 Å². The van der Waals surface area contributed by atoms with Gasteiger partial charge in [-0.3, -0.25) is 4.99 Å². The van der Waals surface area contributed by atoms with E-state index in [9.17, 15) is 0 Å². The molecule has 2 heteroatoms. The fraction of sp³-hybridized carbons (Fsp3) is 0.615. The molecule has 84 valence electrons. The maximum Gasteiger partial charge on any atom is 0.0227 e. The monoisotopic (exact) mass is 206 g/mol. The maximum absolute atomic E-state index is 4.23. The molecule has 15 heavy (non-hydrogen) atoms. The van der Waals surface area contributed by atoms with Gasteiger partial charge >= 0.3 is 0 Å². The van der Waals surface area contributed by atoms with Crippen LogP contribution in [0.25, 0.3) is 0 Å². The second kappa shape index (κ2) is 6.57. The van der Waals surface area contributed by atoms with Crippen molar-refractivity contribution in [1.82, 2.24) is 5.32 Å². The lowest BCUT2D eigenvalue weighted by atomic mass is 9.87. The van der Waals surface area contributed by atoms with Crippen LogP contribution in [-0.2, 0) is 0 Å². The van der Waals surface area contributed by atoms with Gasteiger partial charge in [-0.25, -0.2) is 0 Å². The van der Waals surface area contributed by atoms with Crippen molar-refractivity contribution in [3.05, 3.63) is 23.9 Å². The molecule has 2 atom stereocenters. The Morgan fingerprint density at radius 3 is 3.00 bits per heavy atom. The average Bonchev–Trinajstić information content (AvgIpc) is 2.21. The van der Waals surface area contributed by atoms with E-state index in [2.05, 4.69) is 42.5 Å². The molecular formula is C13H22N2. The predicted molar refractivity (Wildman–Crippen MR) is 67.2 cm³/mol. The van der Waals surface area contributed by atoms with Gasteiger partial charge in [0.1, 0.15) is 0 Å². The number of nitrogens with zero attached hydrogens (tertiary/aromatic N) is 1. The lowest BCUT2D eigenvalue weighted by Crippen LogP contribution is -2.17. The predicted octanol–water partition coefficient (Wildman–Crippen LogP) is 2.78. The van der Waals surface area contributed by atoms with Crippen molar-refractivity contribution < 1.29 is 0 Å². The highest BCUT2D eigenvalue weighted by Crippen LogP contribution is 2.23. The van der Waals surface area contributed by atoms with Crippen molar-refractivity contribution in [2.75, 3.05) is 13.6 Å². The molecule has 0 aromatic carbocycles. The Morgan fingerprint density at radius 2 is 2.33 bits per heavy atom. The summed E-state index contributed by atoms with van der Waals surface area (Å²) in [5.74, 6) is 1.13. The summed E-state index contributed by atoms with van der Waals surface area (Å²) in [7, 11) is 1.98. The third-order valence-electron chi connectivity index (χ3n) is 2.73. The van der Waals surface area contributed by atoms with Gasteiger partial charge in [-0.05, 0) is 26.3 Å². The fourth-order valence-electron chi connectivity index (χ4n) is 2.00. The van der Waals surface area contributed by atoms with Crippen molar-refractivity contribution in [1.29, 1.82) is 0 Å². The molecule has 1 N–H and O–H groups in total. The first-order chi connectivity index (χ1) is 7.27. The highest BCUT2D eigenvalue weighted by atomic mass is 14.8. The van der Waals surface area contributed by atoms with Crippen LogP contribution in [0.3, 0.4) is 0 Å². The summed E-state index contributed by atoms with van der Waals surface area (Å²) in [6.45, 7) is 5.37. The van der Waals surface area contributed by atoms with Crippen molar-refractivity contribution in [2.24, 2.45) is 16.8 Å². The van der Waals surface area contributed by atoms with E-state index >= 15 is 0 Å². The number of rotatable bonds is 5. The third-order valence-corrected chi connectivity index (χ3v) is 2.73. The average molecular weight is 206 g/mol. The van der Waals surface area contributed by atoms with Crippen molar-refractivity contribution in [3.8, 4) is 0 Å². The summed E-state index contributed by atoms with van der Waals surface area (Å²) < 4.78 is 0. The van der Waals surface area contributed by atoms with Gasteiger partial charge in [-0.2, -0.15) is 0 Å². The molecule has 1 aliphatic rings. The smallest absolute Gasteiger partial charge is 0.0227 e. The minimum absolute atomic E-state index is 0.489. The van der Waals surface area contributed by atoms with E-state index in [0.717, 1.165) is 6.54 Å². The number of allylic oxidation sites excluding steroid dienone is 2. The van der Waals surface area contributed by atoms with E-state index in [1.807, 2.05) is 13.2 Å². The van der Waals surface area contributed by atoms with Gasteiger partial charge in [0, 0.05) is 24.9 Å². The quantitative estimate of drug-likeness (QED) is 0.687. The highest BCUT2D eigenvalue weighted by Gasteiger charge is 2.16. The van der Waals surface area contributed by atoms with E-state index in [1.54, 1.807) is 0 Å². The van der Waals surface area contributed by atoms with Crippen LogP contribution < -0.4 is 5.32 Å². The van der Waals surface area contributed by atoms with Crippen LogP contribution in [0.4, 0.5) is 0 Å². The number of likely N-dealkylation sites (N-methyl/N-ethyl adjacent to an activating group) is 1. The molecule has 1 aliphatic heterocycles. The standard InChI is InChI=1S/C13H22N2/c1-4-5-12-6-7-15-10-13(12)8-11(2)9-14-3/h6-8,10,12-14H,4-5,9H2,1-3H3/b11-8+. The molecule has 0 aromatic heterocycles. The summed E-state index contributed by atoms with van der Waals surface area (Å²) in [6, 6.07) is 0. The van der Waals surface area contributed by atoms with Gasteiger partial charge in [0.25, 0.3) is 0 Å². The zero-order valence-electron chi connectivity index (χ0n) is 10.0. The Kier molecular flexibility index (Phi) is 5.33. The van der Waals surface area contributed by atoms with Gasteiger partial charge < -0.3 is 5.32 Å². The zero-order chi connectivity index (χ0) is 11.1. The van der Waals surface area contributed by atoms with E-state index in [-0.39, 0.29) is 0 Å². The van der Waals surface area contributed by atoms with Crippen LogP contribution in [0.15, 0.2) is 28.9 Å². The maximum atomic E-state index is 4.23. The summed E-state index contributed by atoms with van der Waals surface area (Å²) >= 11 is 0. The molecule has 0 saturated heterocycles. The van der Waals surface area contributed by atoms with Crippen LogP contribution in [0.1, 0.15) is 26.7 Å². The molecule has 0 aromatic rings. The van der Waals surface area contributed by atoms with E-state index in [4.69, 9.17) is 0 Å². The molecule has 0 spiro atoms. The van der Waals surface area contributed by atoms with E-state index in [1.165, 1.54) is 18.4 Å². The Labute approximate surface area is 93.2 Å². The van der Waals surface area contributed by atoms with E-state index < -0.39 is 0 Å². The third kappa shape index (κ3) is 4.00. The van der Waals surface area contributed by atoms with Gasteiger partial charge in [0.15, 0.2) is 0 Å². The fourth-order valence-corrected chi connectivity index (χ4v) is 2.00. The summed E-state index contributed by atoms with van der Waals surface area (Å²) in [4.78, 5) is 4.23. The van der Waals surface area contributed by atoms with Gasteiger partial charge in [0.05, 0.1) is 0 Å². The number of hydrogen-bond acceptors (Lipinski definition) is 2. The normalized spacial score (nSPS) is 25.9. The SMILES string of the molecule is CCCC1C=CN=CC1/C=C(\C)CNC.